The fraction of sp³-hybridized carbons (Fsp3) is 0.238. The van der Waals surface area contributed by atoms with Crippen LogP contribution in [0, 0.1) is 11.1 Å². The lowest BCUT2D eigenvalue weighted by Crippen LogP contribution is -2.26. The van der Waals surface area contributed by atoms with Crippen molar-refractivity contribution >= 4 is 21.9 Å². The summed E-state index contributed by atoms with van der Waals surface area (Å²) in [6.07, 6.45) is 3.35. The van der Waals surface area contributed by atoms with E-state index in [0.29, 0.717) is 23.6 Å². The Morgan fingerprint density at radius 3 is 2.73 bits per heavy atom. The third kappa shape index (κ3) is 3.08. The van der Waals surface area contributed by atoms with E-state index in [4.69, 9.17) is 4.74 Å². The van der Waals surface area contributed by atoms with Crippen molar-refractivity contribution in [3.05, 3.63) is 71.8 Å². The van der Waals surface area contributed by atoms with Crippen molar-refractivity contribution in [2.45, 2.75) is 27.0 Å². The number of ether oxygens (including phenoxy) is 1. The number of aromatic nitrogens is 3. The first-order valence-electron chi connectivity index (χ1n) is 8.79. The molecule has 0 fully saturated rings. The lowest BCUT2D eigenvalue weighted by molar-refractivity contribution is -0.575. The molecule has 5 nitrogen and oxygen atoms in total. The van der Waals surface area contributed by atoms with Gasteiger partial charge in [0.15, 0.2) is 5.52 Å². The first-order valence-corrected chi connectivity index (χ1v) is 8.79. The zero-order valence-corrected chi connectivity index (χ0v) is 14.9. The molecule has 0 saturated carbocycles. The second kappa shape index (κ2) is 6.67. The van der Waals surface area contributed by atoms with Gasteiger partial charge in [0.05, 0.1) is 17.2 Å². The van der Waals surface area contributed by atoms with Crippen LogP contribution in [-0.4, -0.2) is 9.55 Å². The molecule has 0 atom stereocenters. The van der Waals surface area contributed by atoms with Gasteiger partial charge in [-0.25, -0.2) is 4.98 Å². The first kappa shape index (κ1) is 16.4. The fourth-order valence-corrected chi connectivity index (χ4v) is 3.23. The molecular weight excluding hydrogens is 326 g/mol. The minimum Gasteiger partial charge on any atom is -0.618 e. The molecule has 0 spiro atoms. The lowest BCUT2D eigenvalue weighted by Gasteiger charge is -2.11. The van der Waals surface area contributed by atoms with Crippen molar-refractivity contribution in [2.75, 3.05) is 0 Å². The van der Waals surface area contributed by atoms with Crippen LogP contribution in [0.4, 0.5) is 0 Å². The topological polar surface area (TPSA) is 54.0 Å². The molecule has 4 aromatic rings. The van der Waals surface area contributed by atoms with Crippen LogP contribution in [-0.2, 0) is 13.2 Å². The van der Waals surface area contributed by atoms with Crippen molar-refractivity contribution < 1.29 is 9.47 Å². The summed E-state index contributed by atoms with van der Waals surface area (Å²) in [4.78, 5) is 4.41. The van der Waals surface area contributed by atoms with Gasteiger partial charge in [-0.1, -0.05) is 44.2 Å². The van der Waals surface area contributed by atoms with Crippen molar-refractivity contribution in [2.24, 2.45) is 5.92 Å². The summed E-state index contributed by atoms with van der Waals surface area (Å²) in [6, 6.07) is 15.6. The van der Waals surface area contributed by atoms with Gasteiger partial charge in [0.1, 0.15) is 12.4 Å². The molecule has 2 aromatic heterocycles. The number of fused-ring (bicyclic) bond motifs is 3. The Kier molecular flexibility index (Phi) is 4.21. The van der Waals surface area contributed by atoms with E-state index >= 15 is 0 Å². The van der Waals surface area contributed by atoms with Gasteiger partial charge < -0.3 is 14.5 Å². The van der Waals surface area contributed by atoms with E-state index in [9.17, 15) is 5.21 Å². The van der Waals surface area contributed by atoms with Gasteiger partial charge in [0.25, 0.3) is 0 Å². The summed E-state index contributed by atoms with van der Waals surface area (Å²) in [5.74, 6) is 1.23. The number of nitrogens with zero attached hydrogens (tertiary/aromatic N) is 3. The number of hydrogen-bond acceptors (Lipinski definition) is 3. The standard InChI is InChI=1S/C21H21N3O2/c1-15(2)11-23-14-22-19-12-24(25)20-9-8-17(10-18(20)21(19)23)26-13-16-6-4-3-5-7-16/h3-10,12,14-15H,11,13H2,1-2H3. The summed E-state index contributed by atoms with van der Waals surface area (Å²) in [6.45, 7) is 5.67. The second-order valence-electron chi connectivity index (χ2n) is 6.93. The molecule has 132 valence electrons. The van der Waals surface area contributed by atoms with Crippen LogP contribution in [0.2, 0.25) is 0 Å². The molecule has 0 bridgehead atoms. The van der Waals surface area contributed by atoms with Gasteiger partial charge in [-0.2, -0.15) is 4.73 Å². The Morgan fingerprint density at radius 2 is 1.96 bits per heavy atom. The van der Waals surface area contributed by atoms with E-state index in [1.165, 1.54) is 0 Å². The molecule has 0 aliphatic rings. The van der Waals surface area contributed by atoms with E-state index in [1.54, 1.807) is 6.20 Å². The average molecular weight is 347 g/mol. The van der Waals surface area contributed by atoms with Crippen LogP contribution in [0.25, 0.3) is 21.9 Å². The van der Waals surface area contributed by atoms with Crippen LogP contribution >= 0.6 is 0 Å². The minimum atomic E-state index is 0.486. The molecule has 4 rings (SSSR count). The zero-order valence-electron chi connectivity index (χ0n) is 14.9. The summed E-state index contributed by atoms with van der Waals surface area (Å²) in [7, 11) is 0. The van der Waals surface area contributed by atoms with Crippen LogP contribution in [0.15, 0.2) is 61.1 Å². The van der Waals surface area contributed by atoms with Gasteiger partial charge in [0, 0.05) is 12.6 Å². The Hall–Kier alpha value is -3.08. The third-order valence-corrected chi connectivity index (χ3v) is 4.38. The Morgan fingerprint density at radius 1 is 1.15 bits per heavy atom. The monoisotopic (exact) mass is 347 g/mol. The summed E-state index contributed by atoms with van der Waals surface area (Å²) in [5.41, 5.74) is 3.41. The number of benzene rings is 2. The highest BCUT2D eigenvalue weighted by Gasteiger charge is 2.16. The predicted molar refractivity (Wildman–Crippen MR) is 102 cm³/mol. The van der Waals surface area contributed by atoms with Gasteiger partial charge in [-0.15, -0.1) is 0 Å². The van der Waals surface area contributed by atoms with Crippen LogP contribution in [0.1, 0.15) is 19.4 Å². The van der Waals surface area contributed by atoms with Gasteiger partial charge in [0.2, 0.25) is 11.7 Å². The van der Waals surface area contributed by atoms with Crippen LogP contribution in [0.5, 0.6) is 5.75 Å². The minimum absolute atomic E-state index is 0.486. The summed E-state index contributed by atoms with van der Waals surface area (Å²) >= 11 is 0. The SMILES string of the molecule is CC(C)Cn1cnc2c[n+]([O-])c3ccc(OCc4ccccc4)cc3c21. The van der Waals surface area contributed by atoms with Crippen molar-refractivity contribution in [3.8, 4) is 5.75 Å². The Balaban J connectivity index is 1.77. The zero-order chi connectivity index (χ0) is 18.1. The first-order chi connectivity index (χ1) is 12.6. The number of imidazole rings is 1. The molecule has 0 aliphatic carbocycles. The largest absolute Gasteiger partial charge is 0.618 e. The molecule has 2 aromatic carbocycles. The Labute approximate surface area is 152 Å². The molecule has 0 amide bonds. The predicted octanol–water partition coefficient (Wildman–Crippen LogP) is 4.06. The van der Waals surface area contributed by atoms with Crippen LogP contribution in [0.3, 0.4) is 0 Å². The van der Waals surface area contributed by atoms with Gasteiger partial charge in [-0.05, 0) is 23.6 Å². The molecule has 0 unspecified atom stereocenters. The average Bonchev–Trinajstić information content (AvgIpc) is 3.03. The second-order valence-corrected chi connectivity index (χ2v) is 6.93. The molecule has 2 heterocycles. The highest BCUT2D eigenvalue weighted by molar-refractivity contribution is 6.01. The van der Waals surface area contributed by atoms with Crippen molar-refractivity contribution in [1.82, 2.24) is 9.55 Å². The smallest absolute Gasteiger partial charge is 0.226 e. The molecule has 0 N–H and O–H groups in total. The third-order valence-electron chi connectivity index (χ3n) is 4.38. The van der Waals surface area contributed by atoms with Crippen molar-refractivity contribution in [3.63, 3.8) is 0 Å². The fourth-order valence-electron chi connectivity index (χ4n) is 3.23. The quantitative estimate of drug-likeness (QED) is 0.404. The highest BCUT2D eigenvalue weighted by Crippen LogP contribution is 2.27. The summed E-state index contributed by atoms with van der Waals surface area (Å²) in [5, 5.41) is 13.2. The lowest BCUT2D eigenvalue weighted by atomic mass is 10.1. The van der Waals surface area contributed by atoms with E-state index in [-0.39, 0.29) is 0 Å². The van der Waals surface area contributed by atoms with E-state index in [2.05, 4.69) is 23.4 Å². The van der Waals surface area contributed by atoms with E-state index in [1.807, 2.05) is 54.9 Å². The molecule has 5 heteroatoms. The van der Waals surface area contributed by atoms with E-state index in [0.717, 1.165) is 33.5 Å². The number of pyridine rings is 1. The number of rotatable bonds is 5. The molecule has 26 heavy (non-hydrogen) atoms. The molecular formula is C21H21N3O2. The van der Waals surface area contributed by atoms with Crippen molar-refractivity contribution in [1.29, 1.82) is 0 Å². The van der Waals surface area contributed by atoms with Gasteiger partial charge in [-0.3, -0.25) is 0 Å². The maximum atomic E-state index is 12.3. The molecule has 0 aliphatic heterocycles. The molecule has 0 radical (unpaired) electrons. The van der Waals surface area contributed by atoms with Gasteiger partial charge >= 0.3 is 0 Å². The normalized spacial score (nSPS) is 11.5. The molecule has 0 saturated heterocycles. The maximum absolute atomic E-state index is 12.3. The highest BCUT2D eigenvalue weighted by atomic mass is 16.5. The maximum Gasteiger partial charge on any atom is 0.226 e. The number of hydrogen-bond donors (Lipinski definition) is 0. The van der Waals surface area contributed by atoms with E-state index < -0.39 is 0 Å². The summed E-state index contributed by atoms with van der Waals surface area (Å²) < 4.78 is 8.94. The Bertz CT molecular complexity index is 1060. The van der Waals surface area contributed by atoms with Crippen LogP contribution < -0.4 is 9.47 Å².